The quantitative estimate of drug-likeness (QED) is 0.352. The minimum absolute atomic E-state index is 1.06. The van der Waals surface area contributed by atoms with Gasteiger partial charge in [0.05, 0.1) is 0 Å². The third-order valence-corrected chi connectivity index (χ3v) is 10.6. The smallest absolute Gasteiger partial charge is 0.222 e. The van der Waals surface area contributed by atoms with Gasteiger partial charge in [-0.15, -0.1) is 0 Å². The van der Waals surface area contributed by atoms with Crippen molar-refractivity contribution in [3.8, 4) is 0 Å². The molecular formula is C27H25NSi. The van der Waals surface area contributed by atoms with Crippen molar-refractivity contribution in [2.24, 2.45) is 0 Å². The van der Waals surface area contributed by atoms with Crippen LogP contribution in [0.1, 0.15) is 12.5 Å². The molecule has 0 aliphatic rings. The van der Waals surface area contributed by atoms with E-state index >= 15 is 0 Å². The number of rotatable bonds is 4. The summed E-state index contributed by atoms with van der Waals surface area (Å²) in [6, 6.07) is 38.1. The first-order valence-electron chi connectivity index (χ1n) is 10.4. The number of nitrogens with zero attached hydrogens (tertiary/aromatic N) is 1. The van der Waals surface area contributed by atoms with Crippen LogP contribution in [0.25, 0.3) is 21.8 Å². The molecular weight excluding hydrogens is 366 g/mol. The van der Waals surface area contributed by atoms with Crippen LogP contribution in [0.3, 0.4) is 0 Å². The van der Waals surface area contributed by atoms with Crippen LogP contribution in [0.4, 0.5) is 0 Å². The van der Waals surface area contributed by atoms with Crippen LogP contribution in [-0.2, 0) is 6.42 Å². The van der Waals surface area contributed by atoms with Gasteiger partial charge in [-0.05, 0) is 47.1 Å². The lowest BCUT2D eigenvalue weighted by molar-refractivity contribution is 1.14. The van der Waals surface area contributed by atoms with Gasteiger partial charge in [-0.3, -0.25) is 0 Å². The van der Waals surface area contributed by atoms with Crippen LogP contribution in [0.2, 0.25) is 6.55 Å². The van der Waals surface area contributed by atoms with Crippen molar-refractivity contribution in [1.29, 1.82) is 0 Å². The molecule has 4 aromatic carbocycles. The second kappa shape index (κ2) is 7.05. The van der Waals surface area contributed by atoms with E-state index in [9.17, 15) is 0 Å². The number of para-hydroxylation sites is 1. The van der Waals surface area contributed by atoms with Gasteiger partial charge in [-0.25, -0.2) is 0 Å². The summed E-state index contributed by atoms with van der Waals surface area (Å²) in [7, 11) is -2.27. The molecule has 0 amide bonds. The van der Waals surface area contributed by atoms with Crippen molar-refractivity contribution in [2.45, 2.75) is 19.9 Å². The molecule has 142 valence electrons. The van der Waals surface area contributed by atoms with Gasteiger partial charge in [0.2, 0.25) is 8.24 Å². The zero-order chi connectivity index (χ0) is 19.8. The van der Waals surface area contributed by atoms with E-state index in [1.165, 1.54) is 37.7 Å². The van der Waals surface area contributed by atoms with Crippen molar-refractivity contribution in [3.05, 3.63) is 109 Å². The fraction of sp³-hybridized carbons (Fsp3) is 0.111. The molecule has 5 aromatic rings. The summed E-state index contributed by atoms with van der Waals surface area (Å²) in [5, 5.41) is 5.57. The zero-order valence-corrected chi connectivity index (χ0v) is 18.0. The maximum atomic E-state index is 2.67. The number of aromatic nitrogens is 1. The van der Waals surface area contributed by atoms with Gasteiger partial charge in [0.25, 0.3) is 0 Å². The number of hydrogen-bond donors (Lipinski definition) is 0. The van der Waals surface area contributed by atoms with E-state index in [-0.39, 0.29) is 0 Å². The molecule has 0 spiro atoms. The summed E-state index contributed by atoms with van der Waals surface area (Å²) >= 11 is 0. The van der Waals surface area contributed by atoms with Gasteiger partial charge in [-0.2, -0.15) is 0 Å². The lowest BCUT2D eigenvalue weighted by Gasteiger charge is -2.32. The number of fused-ring (bicyclic) bond motifs is 3. The van der Waals surface area contributed by atoms with Crippen LogP contribution in [0.15, 0.2) is 103 Å². The predicted molar refractivity (Wildman–Crippen MR) is 128 cm³/mol. The molecule has 5 rings (SSSR count). The Labute approximate surface area is 173 Å². The molecule has 0 aliphatic carbocycles. The normalized spacial score (nSPS) is 11.9. The van der Waals surface area contributed by atoms with Gasteiger partial charge in [0, 0.05) is 21.8 Å². The molecule has 29 heavy (non-hydrogen) atoms. The van der Waals surface area contributed by atoms with E-state index in [1.54, 1.807) is 0 Å². The lowest BCUT2D eigenvalue weighted by Crippen LogP contribution is -2.61. The molecule has 0 saturated carbocycles. The highest BCUT2D eigenvalue weighted by atomic mass is 28.3. The zero-order valence-electron chi connectivity index (χ0n) is 17.0. The molecule has 0 N–H and O–H groups in total. The highest BCUT2D eigenvalue weighted by Gasteiger charge is 2.37. The molecule has 0 unspecified atom stereocenters. The van der Waals surface area contributed by atoms with Crippen molar-refractivity contribution >= 4 is 40.4 Å². The Morgan fingerprint density at radius 1 is 0.621 bits per heavy atom. The van der Waals surface area contributed by atoms with Crippen molar-refractivity contribution in [1.82, 2.24) is 4.23 Å². The number of aryl methyl sites for hydroxylation is 1. The Bertz CT molecular complexity index is 1250. The van der Waals surface area contributed by atoms with E-state index in [1.807, 2.05) is 0 Å². The summed E-state index contributed by atoms with van der Waals surface area (Å²) in [5.41, 5.74) is 4.06. The maximum Gasteiger partial charge on any atom is 0.222 e. The van der Waals surface area contributed by atoms with Crippen LogP contribution < -0.4 is 10.4 Å². The highest BCUT2D eigenvalue weighted by molar-refractivity contribution is 7.01. The largest absolute Gasteiger partial charge is 0.359 e. The molecule has 1 aromatic heterocycles. The molecule has 2 heteroatoms. The minimum Gasteiger partial charge on any atom is -0.359 e. The van der Waals surface area contributed by atoms with Crippen molar-refractivity contribution in [3.63, 3.8) is 0 Å². The SMILES string of the molecule is CCc1ccc2c(c1)c1ccccc1n2[Si](C)(c1ccccc1)c1ccccc1. The van der Waals surface area contributed by atoms with Crippen LogP contribution >= 0.6 is 0 Å². The van der Waals surface area contributed by atoms with Crippen LogP contribution in [-0.4, -0.2) is 12.5 Å². The maximum absolute atomic E-state index is 2.67. The molecule has 0 aliphatic heterocycles. The molecule has 0 radical (unpaired) electrons. The molecule has 1 nitrogen and oxygen atoms in total. The van der Waals surface area contributed by atoms with Crippen LogP contribution in [0.5, 0.6) is 0 Å². The summed E-state index contributed by atoms with van der Waals surface area (Å²) in [6.45, 7) is 4.71. The third kappa shape index (κ3) is 2.75. The Morgan fingerprint density at radius 3 is 1.79 bits per heavy atom. The predicted octanol–water partition coefficient (Wildman–Crippen LogP) is 5.59. The Hall–Kier alpha value is -3.10. The van der Waals surface area contributed by atoms with E-state index in [4.69, 9.17) is 0 Å². The van der Waals surface area contributed by atoms with Crippen molar-refractivity contribution in [2.75, 3.05) is 0 Å². The second-order valence-corrected chi connectivity index (χ2v) is 11.6. The van der Waals surface area contributed by atoms with Gasteiger partial charge in [-0.1, -0.05) is 91.9 Å². The average Bonchev–Trinajstić information content (AvgIpc) is 3.14. The van der Waals surface area contributed by atoms with E-state index < -0.39 is 8.24 Å². The lowest BCUT2D eigenvalue weighted by atomic mass is 10.1. The second-order valence-electron chi connectivity index (χ2n) is 7.86. The van der Waals surface area contributed by atoms with Gasteiger partial charge >= 0.3 is 0 Å². The Morgan fingerprint density at radius 2 is 1.17 bits per heavy atom. The monoisotopic (exact) mass is 391 g/mol. The molecule has 0 bridgehead atoms. The number of hydrogen-bond acceptors (Lipinski definition) is 0. The Balaban J connectivity index is 1.95. The molecule has 1 heterocycles. The van der Waals surface area contributed by atoms with Crippen molar-refractivity contribution < 1.29 is 0 Å². The third-order valence-electron chi connectivity index (χ3n) is 6.26. The first-order chi connectivity index (χ1) is 14.2. The summed E-state index contributed by atoms with van der Waals surface area (Å²) in [5.74, 6) is 0. The Kier molecular flexibility index (Phi) is 4.37. The molecule has 0 saturated heterocycles. The van der Waals surface area contributed by atoms with Gasteiger partial charge in [0.1, 0.15) is 0 Å². The van der Waals surface area contributed by atoms with Gasteiger partial charge < -0.3 is 4.23 Å². The summed E-state index contributed by atoms with van der Waals surface area (Å²) < 4.78 is 2.67. The fourth-order valence-electron chi connectivity index (χ4n) is 4.67. The van der Waals surface area contributed by atoms with E-state index in [0.717, 1.165) is 6.42 Å². The van der Waals surface area contributed by atoms with E-state index in [0.29, 0.717) is 0 Å². The molecule has 0 fully saturated rings. The standard InChI is InChI=1S/C27H25NSi/c1-3-21-18-19-27-25(20-21)24-16-10-11-17-26(24)28(27)29(2,22-12-6-4-7-13-22)23-14-8-5-9-15-23/h4-20H,3H2,1-2H3. The first-order valence-corrected chi connectivity index (χ1v) is 12.8. The fourth-order valence-corrected chi connectivity index (χ4v) is 8.56. The van der Waals surface area contributed by atoms with Gasteiger partial charge in [0.15, 0.2) is 0 Å². The minimum atomic E-state index is -2.27. The van der Waals surface area contributed by atoms with E-state index in [2.05, 4.69) is 121 Å². The highest BCUT2D eigenvalue weighted by Crippen LogP contribution is 2.32. The van der Waals surface area contributed by atoms with Crippen LogP contribution in [0, 0.1) is 0 Å². The average molecular weight is 392 g/mol. The summed E-state index contributed by atoms with van der Waals surface area (Å²) in [4.78, 5) is 0. The topological polar surface area (TPSA) is 4.93 Å². The first kappa shape index (κ1) is 18.0. The number of benzene rings is 4. The molecule has 0 atom stereocenters. The summed E-state index contributed by atoms with van der Waals surface area (Å²) in [6.07, 6.45) is 1.06.